The van der Waals surface area contributed by atoms with Crippen LogP contribution in [0.1, 0.15) is 40.0 Å². The Morgan fingerprint density at radius 3 is 2.72 bits per heavy atom. The van der Waals surface area contributed by atoms with Crippen LogP contribution in [-0.2, 0) is 9.47 Å². The molecule has 2 aliphatic heterocycles. The second-order valence-electron chi connectivity index (χ2n) is 6.09. The summed E-state index contributed by atoms with van der Waals surface area (Å²) in [5.41, 5.74) is -0.460. The van der Waals surface area contributed by atoms with E-state index >= 15 is 0 Å². The summed E-state index contributed by atoms with van der Waals surface area (Å²) in [5.74, 6) is 0. The molecule has 2 saturated heterocycles. The van der Waals surface area contributed by atoms with Crippen LogP contribution in [0.4, 0.5) is 4.79 Å². The first-order valence-electron chi connectivity index (χ1n) is 6.66. The number of amides is 1. The predicted molar refractivity (Wildman–Crippen MR) is 66.3 cm³/mol. The molecule has 0 aromatic rings. The summed E-state index contributed by atoms with van der Waals surface area (Å²) < 4.78 is 11.2. The zero-order valence-electron chi connectivity index (χ0n) is 11.4. The van der Waals surface area contributed by atoms with E-state index in [1.807, 2.05) is 20.8 Å². The third kappa shape index (κ3) is 2.95. The Morgan fingerprint density at radius 2 is 2.11 bits per heavy atom. The molecule has 3 atom stereocenters. The molecule has 0 unspecified atom stereocenters. The van der Waals surface area contributed by atoms with Crippen molar-refractivity contribution in [3.63, 3.8) is 0 Å². The number of carbonyl (C=O) groups is 1. The molecule has 2 heterocycles. The number of ether oxygens (including phenoxy) is 2. The van der Waals surface area contributed by atoms with E-state index in [1.165, 1.54) is 0 Å². The summed E-state index contributed by atoms with van der Waals surface area (Å²) >= 11 is 0. The van der Waals surface area contributed by atoms with Gasteiger partial charge in [-0.3, -0.25) is 0 Å². The van der Waals surface area contributed by atoms with Crippen molar-refractivity contribution in [2.24, 2.45) is 0 Å². The molecule has 0 radical (unpaired) electrons. The van der Waals surface area contributed by atoms with Gasteiger partial charge in [-0.1, -0.05) is 0 Å². The fraction of sp³-hybridized carbons (Fsp3) is 0.923. The average molecular weight is 257 g/mol. The largest absolute Gasteiger partial charge is 0.444 e. The lowest BCUT2D eigenvalue weighted by atomic mass is 9.99. The van der Waals surface area contributed by atoms with Crippen LogP contribution in [-0.4, -0.2) is 53.1 Å². The number of aliphatic hydroxyl groups excluding tert-OH is 1. The van der Waals surface area contributed by atoms with Crippen molar-refractivity contribution in [1.29, 1.82) is 0 Å². The monoisotopic (exact) mass is 257 g/mol. The lowest BCUT2D eigenvalue weighted by molar-refractivity contribution is -0.0877. The molecule has 5 heteroatoms. The second kappa shape index (κ2) is 5.05. The van der Waals surface area contributed by atoms with Gasteiger partial charge < -0.3 is 19.5 Å². The van der Waals surface area contributed by atoms with Crippen LogP contribution in [0, 0.1) is 0 Å². The molecule has 0 aromatic heterocycles. The van der Waals surface area contributed by atoms with Gasteiger partial charge in [-0.2, -0.15) is 0 Å². The van der Waals surface area contributed by atoms with Crippen LogP contribution in [0.2, 0.25) is 0 Å². The molecule has 0 bridgehead atoms. The molecule has 104 valence electrons. The minimum atomic E-state index is -0.460. The van der Waals surface area contributed by atoms with Crippen molar-refractivity contribution >= 4 is 6.09 Å². The smallest absolute Gasteiger partial charge is 0.410 e. The van der Waals surface area contributed by atoms with Gasteiger partial charge in [-0.05, 0) is 40.0 Å². The number of aliphatic hydroxyl groups is 1. The fourth-order valence-corrected chi connectivity index (χ4v) is 2.68. The summed E-state index contributed by atoms with van der Waals surface area (Å²) in [4.78, 5) is 13.8. The number of hydrogen-bond donors (Lipinski definition) is 1. The topological polar surface area (TPSA) is 59.0 Å². The van der Waals surface area contributed by atoms with Crippen LogP contribution in [0.5, 0.6) is 0 Å². The summed E-state index contributed by atoms with van der Waals surface area (Å²) in [7, 11) is 0. The molecule has 18 heavy (non-hydrogen) atoms. The Balaban J connectivity index is 1.95. The Bertz CT molecular complexity index is 313. The number of fused-ring (bicyclic) bond motifs is 1. The average Bonchev–Trinajstić information content (AvgIpc) is 2.69. The highest BCUT2D eigenvalue weighted by atomic mass is 16.6. The first-order chi connectivity index (χ1) is 8.40. The van der Waals surface area contributed by atoms with Gasteiger partial charge in [-0.15, -0.1) is 0 Å². The lowest BCUT2D eigenvalue weighted by Gasteiger charge is -2.35. The lowest BCUT2D eigenvalue weighted by Crippen LogP contribution is -2.47. The highest BCUT2D eigenvalue weighted by molar-refractivity contribution is 5.69. The first kappa shape index (κ1) is 13.6. The van der Waals surface area contributed by atoms with Gasteiger partial charge >= 0.3 is 6.09 Å². The van der Waals surface area contributed by atoms with E-state index in [1.54, 1.807) is 4.90 Å². The van der Waals surface area contributed by atoms with Crippen LogP contribution in [0.25, 0.3) is 0 Å². The Labute approximate surface area is 108 Å². The van der Waals surface area contributed by atoms with E-state index in [9.17, 15) is 4.79 Å². The van der Waals surface area contributed by atoms with Gasteiger partial charge in [0.25, 0.3) is 0 Å². The summed E-state index contributed by atoms with van der Waals surface area (Å²) in [5, 5.41) is 9.11. The fourth-order valence-electron chi connectivity index (χ4n) is 2.68. The van der Waals surface area contributed by atoms with Gasteiger partial charge in [0.05, 0.1) is 24.9 Å². The molecule has 0 aliphatic carbocycles. The number of likely N-dealkylation sites (tertiary alicyclic amines) is 1. The van der Waals surface area contributed by atoms with Crippen LogP contribution >= 0.6 is 0 Å². The zero-order chi connectivity index (χ0) is 13.3. The van der Waals surface area contributed by atoms with E-state index in [-0.39, 0.29) is 30.9 Å². The van der Waals surface area contributed by atoms with Gasteiger partial charge in [-0.25, -0.2) is 4.79 Å². The third-order valence-electron chi connectivity index (χ3n) is 3.47. The van der Waals surface area contributed by atoms with Gasteiger partial charge in [0.15, 0.2) is 0 Å². The van der Waals surface area contributed by atoms with E-state index in [2.05, 4.69) is 0 Å². The predicted octanol–water partition coefficient (Wildman–Crippen LogP) is 1.54. The molecule has 2 fully saturated rings. The molecule has 0 spiro atoms. The molecule has 2 aliphatic rings. The molecular formula is C13H23NO4. The van der Waals surface area contributed by atoms with Crippen molar-refractivity contribution in [2.45, 2.75) is 63.9 Å². The number of carbonyl (C=O) groups excluding carboxylic acids is 1. The highest BCUT2D eigenvalue weighted by Crippen LogP contribution is 2.32. The molecular weight excluding hydrogens is 234 g/mol. The normalized spacial score (nSPS) is 32.2. The Morgan fingerprint density at radius 1 is 1.39 bits per heavy atom. The molecule has 1 amide bonds. The molecule has 1 N–H and O–H groups in total. The van der Waals surface area contributed by atoms with E-state index < -0.39 is 5.60 Å². The maximum Gasteiger partial charge on any atom is 0.410 e. The summed E-state index contributed by atoms with van der Waals surface area (Å²) in [6.07, 6.45) is 2.27. The maximum absolute atomic E-state index is 12.1. The SMILES string of the molecule is CC(C)(C)OC(=O)N1CC[C@@H]2O[C@H](CO)CC[C@@H]21. The highest BCUT2D eigenvalue weighted by Gasteiger charge is 2.43. The van der Waals surface area contributed by atoms with Gasteiger partial charge in [0.2, 0.25) is 0 Å². The van der Waals surface area contributed by atoms with Crippen LogP contribution in [0.3, 0.4) is 0 Å². The summed E-state index contributed by atoms with van der Waals surface area (Å²) in [6.45, 7) is 6.37. The third-order valence-corrected chi connectivity index (χ3v) is 3.47. The quantitative estimate of drug-likeness (QED) is 0.774. The van der Waals surface area contributed by atoms with Crippen LogP contribution < -0.4 is 0 Å². The zero-order valence-corrected chi connectivity index (χ0v) is 11.4. The number of nitrogens with zero attached hydrogens (tertiary/aromatic N) is 1. The number of hydrogen-bond acceptors (Lipinski definition) is 4. The van der Waals surface area contributed by atoms with Crippen LogP contribution in [0.15, 0.2) is 0 Å². The Kier molecular flexibility index (Phi) is 3.82. The molecule has 0 aromatic carbocycles. The Hall–Kier alpha value is -0.810. The minimum Gasteiger partial charge on any atom is -0.444 e. The van der Waals surface area contributed by atoms with Crippen molar-refractivity contribution < 1.29 is 19.4 Å². The molecule has 5 nitrogen and oxygen atoms in total. The second-order valence-corrected chi connectivity index (χ2v) is 6.09. The first-order valence-corrected chi connectivity index (χ1v) is 6.66. The van der Waals surface area contributed by atoms with E-state index in [0.29, 0.717) is 6.54 Å². The standard InChI is InChI=1S/C13H23NO4/c1-13(2,3)18-12(16)14-7-6-11-10(14)5-4-9(8-15)17-11/h9-11,15H,4-8H2,1-3H3/t9-,10-,11-/m0/s1. The van der Waals surface area contributed by atoms with E-state index in [4.69, 9.17) is 14.6 Å². The van der Waals surface area contributed by atoms with Crippen molar-refractivity contribution in [3.05, 3.63) is 0 Å². The minimum absolute atomic E-state index is 0.0587. The van der Waals surface area contributed by atoms with Gasteiger partial charge in [0, 0.05) is 6.54 Å². The molecule has 2 rings (SSSR count). The van der Waals surface area contributed by atoms with Crippen molar-refractivity contribution in [3.8, 4) is 0 Å². The van der Waals surface area contributed by atoms with Gasteiger partial charge in [0.1, 0.15) is 5.60 Å². The van der Waals surface area contributed by atoms with Crippen molar-refractivity contribution in [2.75, 3.05) is 13.2 Å². The summed E-state index contributed by atoms with van der Waals surface area (Å²) in [6, 6.07) is 0.114. The van der Waals surface area contributed by atoms with Crippen molar-refractivity contribution in [1.82, 2.24) is 4.90 Å². The van der Waals surface area contributed by atoms with E-state index in [0.717, 1.165) is 19.3 Å². The number of rotatable bonds is 1. The molecule has 0 saturated carbocycles. The maximum atomic E-state index is 12.1.